The lowest BCUT2D eigenvalue weighted by atomic mass is 9.95. The molecule has 1 fully saturated rings. The Morgan fingerprint density at radius 3 is 2.50 bits per heavy atom. The first-order valence-electron chi connectivity index (χ1n) is 4.77. The van der Waals surface area contributed by atoms with Gasteiger partial charge in [-0.1, -0.05) is 13.3 Å². The Morgan fingerprint density at radius 1 is 1.20 bits per heavy atom. The fraction of sp³-hybridized carbons (Fsp3) is 1.00. The first-order valence-corrected chi connectivity index (χ1v) is 4.77. The summed E-state index contributed by atoms with van der Waals surface area (Å²) in [5.41, 5.74) is 0. The van der Waals surface area contributed by atoms with E-state index in [9.17, 15) is 0 Å². The molecule has 0 heterocycles. The summed E-state index contributed by atoms with van der Waals surface area (Å²) in [5, 5.41) is 2.54. The van der Waals surface area contributed by atoms with Gasteiger partial charge in [-0.05, 0) is 32.1 Å². The highest BCUT2D eigenvalue weighted by atomic mass is 14.9. The minimum absolute atomic E-state index is 0.980. The molecule has 0 radical (unpaired) electrons. The van der Waals surface area contributed by atoms with Crippen LogP contribution in [0, 0.1) is 0 Å². The molecule has 1 saturated carbocycles. The van der Waals surface area contributed by atoms with E-state index >= 15 is 0 Å². The molecule has 0 aromatic rings. The van der Waals surface area contributed by atoms with Gasteiger partial charge < -0.3 is 5.32 Å². The van der Waals surface area contributed by atoms with Crippen molar-refractivity contribution in [1.82, 2.24) is 0 Å². The van der Waals surface area contributed by atoms with Gasteiger partial charge in [0.2, 0.25) is 0 Å². The summed E-state index contributed by atoms with van der Waals surface area (Å²) in [7, 11) is 0. The molecule has 0 amide bonds. The Labute approximate surface area is 64.2 Å². The zero-order valence-electron chi connectivity index (χ0n) is 7.10. The van der Waals surface area contributed by atoms with Crippen molar-refractivity contribution in [2.24, 2.45) is 0 Å². The highest BCUT2D eigenvalue weighted by molar-refractivity contribution is 4.61. The lowest BCUT2D eigenvalue weighted by Gasteiger charge is -2.19. The van der Waals surface area contributed by atoms with Crippen molar-refractivity contribution in [1.29, 1.82) is 0 Å². The number of rotatable bonds is 3. The van der Waals surface area contributed by atoms with Crippen LogP contribution in [0.15, 0.2) is 0 Å². The zero-order chi connectivity index (χ0) is 7.23. The molecular formula is C9H20N+. The Kier molecular flexibility index (Phi) is 3.81. The molecule has 0 atom stereocenters. The van der Waals surface area contributed by atoms with Crippen molar-refractivity contribution in [2.45, 2.75) is 51.5 Å². The van der Waals surface area contributed by atoms with Crippen LogP contribution in [-0.2, 0) is 0 Å². The summed E-state index contributed by atoms with van der Waals surface area (Å²) in [5.74, 6) is 0. The smallest absolute Gasteiger partial charge is 0.0859 e. The molecule has 0 aromatic carbocycles. The van der Waals surface area contributed by atoms with Crippen molar-refractivity contribution in [3.63, 3.8) is 0 Å². The van der Waals surface area contributed by atoms with Crippen LogP contribution in [0.1, 0.15) is 45.4 Å². The summed E-state index contributed by atoms with van der Waals surface area (Å²) in [6.07, 6.45) is 8.71. The van der Waals surface area contributed by atoms with Crippen LogP contribution in [-0.4, -0.2) is 12.6 Å². The van der Waals surface area contributed by atoms with Gasteiger partial charge in [0.25, 0.3) is 0 Å². The summed E-state index contributed by atoms with van der Waals surface area (Å²) in [6.45, 7) is 3.60. The van der Waals surface area contributed by atoms with Crippen LogP contribution < -0.4 is 5.32 Å². The molecule has 0 aliphatic heterocycles. The molecule has 0 aromatic heterocycles. The molecule has 60 valence electrons. The molecule has 1 heteroatoms. The van der Waals surface area contributed by atoms with Crippen molar-refractivity contribution in [2.75, 3.05) is 6.54 Å². The second kappa shape index (κ2) is 4.73. The van der Waals surface area contributed by atoms with Crippen LogP contribution in [0.5, 0.6) is 0 Å². The van der Waals surface area contributed by atoms with Gasteiger partial charge in [-0.25, -0.2) is 0 Å². The SMILES string of the molecule is CCC[NH2+]C1CCCCC1. The summed E-state index contributed by atoms with van der Waals surface area (Å²) >= 11 is 0. The third-order valence-corrected chi connectivity index (χ3v) is 2.44. The van der Waals surface area contributed by atoms with E-state index in [-0.39, 0.29) is 0 Å². The van der Waals surface area contributed by atoms with Gasteiger partial charge in [0.1, 0.15) is 0 Å². The lowest BCUT2D eigenvalue weighted by Crippen LogP contribution is -2.90. The number of nitrogens with two attached hydrogens (primary N) is 1. The standard InChI is InChI=1S/C9H19N/c1-2-8-10-9-6-4-3-5-7-9/h9-10H,2-8H2,1H3/p+1. The zero-order valence-corrected chi connectivity index (χ0v) is 7.10. The largest absolute Gasteiger partial charge is 0.344 e. The van der Waals surface area contributed by atoms with Gasteiger partial charge in [-0.2, -0.15) is 0 Å². The van der Waals surface area contributed by atoms with E-state index in [0.717, 1.165) is 6.04 Å². The second-order valence-corrected chi connectivity index (χ2v) is 3.42. The van der Waals surface area contributed by atoms with Gasteiger partial charge >= 0.3 is 0 Å². The van der Waals surface area contributed by atoms with Crippen molar-refractivity contribution < 1.29 is 5.32 Å². The topological polar surface area (TPSA) is 16.6 Å². The Hall–Kier alpha value is -0.0400. The third-order valence-electron chi connectivity index (χ3n) is 2.44. The van der Waals surface area contributed by atoms with E-state index in [1.165, 1.54) is 45.1 Å². The Balaban J connectivity index is 2.02. The number of quaternary nitrogens is 1. The molecule has 0 unspecified atom stereocenters. The van der Waals surface area contributed by atoms with Gasteiger partial charge in [-0.15, -0.1) is 0 Å². The average molecular weight is 142 g/mol. The van der Waals surface area contributed by atoms with Gasteiger partial charge in [0.15, 0.2) is 0 Å². The number of hydrogen-bond acceptors (Lipinski definition) is 0. The van der Waals surface area contributed by atoms with Crippen LogP contribution in [0.25, 0.3) is 0 Å². The maximum atomic E-state index is 2.54. The van der Waals surface area contributed by atoms with Gasteiger partial charge in [0.05, 0.1) is 12.6 Å². The molecule has 1 rings (SSSR count). The Morgan fingerprint density at radius 2 is 1.90 bits per heavy atom. The van der Waals surface area contributed by atoms with Crippen molar-refractivity contribution >= 4 is 0 Å². The first kappa shape index (κ1) is 8.06. The van der Waals surface area contributed by atoms with Crippen molar-refractivity contribution in [3.8, 4) is 0 Å². The monoisotopic (exact) mass is 142 g/mol. The molecule has 0 spiro atoms. The average Bonchev–Trinajstić information content (AvgIpc) is 2.03. The Bertz CT molecular complexity index is 74.8. The second-order valence-electron chi connectivity index (χ2n) is 3.42. The fourth-order valence-corrected chi connectivity index (χ4v) is 1.77. The minimum atomic E-state index is 0.980. The molecular weight excluding hydrogens is 122 g/mol. The van der Waals surface area contributed by atoms with E-state index < -0.39 is 0 Å². The fourth-order valence-electron chi connectivity index (χ4n) is 1.77. The maximum Gasteiger partial charge on any atom is 0.0859 e. The third kappa shape index (κ3) is 2.70. The lowest BCUT2D eigenvalue weighted by molar-refractivity contribution is -0.691. The van der Waals surface area contributed by atoms with Crippen LogP contribution >= 0.6 is 0 Å². The van der Waals surface area contributed by atoms with Gasteiger partial charge in [0, 0.05) is 0 Å². The molecule has 0 saturated heterocycles. The highest BCUT2D eigenvalue weighted by Gasteiger charge is 2.14. The summed E-state index contributed by atoms with van der Waals surface area (Å²) in [4.78, 5) is 0. The molecule has 0 bridgehead atoms. The highest BCUT2D eigenvalue weighted by Crippen LogP contribution is 2.14. The van der Waals surface area contributed by atoms with E-state index in [2.05, 4.69) is 12.2 Å². The van der Waals surface area contributed by atoms with Gasteiger partial charge in [-0.3, -0.25) is 0 Å². The summed E-state index contributed by atoms with van der Waals surface area (Å²) in [6, 6.07) is 0.980. The van der Waals surface area contributed by atoms with Crippen LogP contribution in [0.4, 0.5) is 0 Å². The predicted molar refractivity (Wildman–Crippen MR) is 44.0 cm³/mol. The minimum Gasteiger partial charge on any atom is -0.344 e. The van der Waals surface area contributed by atoms with Crippen LogP contribution in [0.3, 0.4) is 0 Å². The van der Waals surface area contributed by atoms with E-state index in [4.69, 9.17) is 0 Å². The summed E-state index contributed by atoms with van der Waals surface area (Å²) < 4.78 is 0. The molecule has 10 heavy (non-hydrogen) atoms. The maximum absolute atomic E-state index is 2.54. The normalized spacial score (nSPS) is 21.3. The first-order chi connectivity index (χ1) is 4.93. The van der Waals surface area contributed by atoms with E-state index in [1.54, 1.807) is 0 Å². The van der Waals surface area contributed by atoms with Crippen molar-refractivity contribution in [3.05, 3.63) is 0 Å². The predicted octanol–water partition coefficient (Wildman–Crippen LogP) is 1.29. The molecule has 1 aliphatic rings. The van der Waals surface area contributed by atoms with Crippen LogP contribution in [0.2, 0.25) is 0 Å². The molecule has 1 aliphatic carbocycles. The number of hydrogen-bond donors (Lipinski definition) is 1. The quantitative estimate of drug-likeness (QED) is 0.611. The van der Waals surface area contributed by atoms with E-state index in [1.807, 2.05) is 0 Å². The van der Waals surface area contributed by atoms with E-state index in [0.29, 0.717) is 0 Å². The molecule has 1 nitrogen and oxygen atoms in total. The molecule has 2 N–H and O–H groups in total.